The average Bonchev–Trinajstić information content (AvgIpc) is 3.26. The molecule has 0 aliphatic heterocycles. The minimum absolute atomic E-state index is 0. The van der Waals surface area contributed by atoms with Crippen molar-refractivity contribution in [2.24, 2.45) is 0 Å². The van der Waals surface area contributed by atoms with Crippen molar-refractivity contribution < 1.29 is 13.2 Å². The third-order valence-corrected chi connectivity index (χ3v) is 4.02. The summed E-state index contributed by atoms with van der Waals surface area (Å²) in [5.41, 5.74) is 2.40. The Bertz CT molecular complexity index is 637. The summed E-state index contributed by atoms with van der Waals surface area (Å²) < 4.78 is 37.7. The maximum atomic E-state index is 12.6. The molecule has 0 amide bonds. The molecule has 118 valence electrons. The van der Waals surface area contributed by atoms with E-state index in [9.17, 15) is 13.2 Å². The molecule has 0 saturated heterocycles. The summed E-state index contributed by atoms with van der Waals surface area (Å²) in [5, 5.41) is 3.25. The SMILES string of the molecule is CN[C@@H]1C[C@H]1c1cccc(-c2ccc(C(F)(F)F)cc2)c1.Cl. The zero-order valence-corrected chi connectivity index (χ0v) is 12.8. The van der Waals surface area contributed by atoms with E-state index in [-0.39, 0.29) is 12.4 Å². The number of hydrogen-bond donors (Lipinski definition) is 1. The number of benzene rings is 2. The van der Waals surface area contributed by atoms with Crippen LogP contribution in [0.5, 0.6) is 0 Å². The van der Waals surface area contributed by atoms with Gasteiger partial charge in [-0.15, -0.1) is 12.4 Å². The first-order chi connectivity index (χ1) is 9.99. The molecule has 22 heavy (non-hydrogen) atoms. The van der Waals surface area contributed by atoms with E-state index in [1.54, 1.807) is 0 Å². The molecule has 5 heteroatoms. The monoisotopic (exact) mass is 327 g/mol. The largest absolute Gasteiger partial charge is 0.416 e. The summed E-state index contributed by atoms with van der Waals surface area (Å²) >= 11 is 0. The van der Waals surface area contributed by atoms with Gasteiger partial charge >= 0.3 is 6.18 Å². The summed E-state index contributed by atoms with van der Waals surface area (Å²) in [6, 6.07) is 13.9. The average molecular weight is 328 g/mol. The van der Waals surface area contributed by atoms with E-state index in [0.717, 1.165) is 29.7 Å². The van der Waals surface area contributed by atoms with Gasteiger partial charge in [-0.1, -0.05) is 36.4 Å². The lowest BCUT2D eigenvalue weighted by atomic mass is 10.00. The topological polar surface area (TPSA) is 12.0 Å². The summed E-state index contributed by atoms with van der Waals surface area (Å²) in [4.78, 5) is 0. The van der Waals surface area contributed by atoms with Gasteiger partial charge in [0.1, 0.15) is 0 Å². The van der Waals surface area contributed by atoms with Gasteiger partial charge in [-0.05, 0) is 42.3 Å². The van der Waals surface area contributed by atoms with Gasteiger partial charge in [-0.2, -0.15) is 13.2 Å². The van der Waals surface area contributed by atoms with Crippen LogP contribution in [-0.4, -0.2) is 13.1 Å². The minimum Gasteiger partial charge on any atom is -0.316 e. The zero-order valence-electron chi connectivity index (χ0n) is 12.0. The molecule has 0 radical (unpaired) electrons. The van der Waals surface area contributed by atoms with E-state index in [0.29, 0.717) is 12.0 Å². The highest BCUT2D eigenvalue weighted by atomic mass is 35.5. The fourth-order valence-electron chi connectivity index (χ4n) is 2.68. The molecule has 1 saturated carbocycles. The molecule has 1 nitrogen and oxygen atoms in total. The molecular weight excluding hydrogens is 311 g/mol. The number of nitrogens with one attached hydrogen (secondary N) is 1. The minimum atomic E-state index is -4.28. The molecule has 2 aromatic carbocycles. The second-order valence-corrected chi connectivity index (χ2v) is 5.44. The molecule has 0 unspecified atom stereocenters. The van der Waals surface area contributed by atoms with Crippen LogP contribution < -0.4 is 5.32 Å². The Balaban J connectivity index is 0.00000176. The molecule has 1 fully saturated rings. The molecule has 1 N–H and O–H groups in total. The van der Waals surface area contributed by atoms with Crippen molar-refractivity contribution in [2.75, 3.05) is 7.05 Å². The molecule has 1 aliphatic rings. The molecular formula is C17H17ClF3N. The first kappa shape index (κ1) is 16.8. The summed E-state index contributed by atoms with van der Waals surface area (Å²) in [6.45, 7) is 0. The van der Waals surface area contributed by atoms with E-state index in [4.69, 9.17) is 0 Å². The first-order valence-corrected chi connectivity index (χ1v) is 6.94. The van der Waals surface area contributed by atoms with Crippen molar-refractivity contribution in [1.82, 2.24) is 5.32 Å². The van der Waals surface area contributed by atoms with Gasteiger partial charge in [0, 0.05) is 12.0 Å². The van der Waals surface area contributed by atoms with Crippen LogP contribution in [0.1, 0.15) is 23.5 Å². The number of hydrogen-bond acceptors (Lipinski definition) is 1. The molecule has 0 heterocycles. The van der Waals surface area contributed by atoms with Gasteiger partial charge in [0.05, 0.1) is 5.56 Å². The van der Waals surface area contributed by atoms with Gasteiger partial charge < -0.3 is 5.32 Å². The fraction of sp³-hybridized carbons (Fsp3) is 0.294. The number of rotatable bonds is 3. The summed E-state index contributed by atoms with van der Waals surface area (Å²) in [7, 11) is 1.95. The van der Waals surface area contributed by atoms with E-state index >= 15 is 0 Å². The second kappa shape index (κ2) is 6.31. The lowest BCUT2D eigenvalue weighted by molar-refractivity contribution is -0.137. The molecule has 0 bridgehead atoms. The zero-order chi connectivity index (χ0) is 15.0. The predicted molar refractivity (Wildman–Crippen MR) is 84.3 cm³/mol. The Morgan fingerprint density at radius 1 is 1.00 bits per heavy atom. The molecule has 3 rings (SSSR count). The third-order valence-electron chi connectivity index (χ3n) is 4.02. The van der Waals surface area contributed by atoms with Crippen LogP contribution >= 0.6 is 12.4 Å². The molecule has 2 aromatic rings. The van der Waals surface area contributed by atoms with E-state index in [2.05, 4.69) is 17.4 Å². The van der Waals surface area contributed by atoms with Crippen molar-refractivity contribution in [3.63, 3.8) is 0 Å². The number of likely N-dealkylation sites (N-methyl/N-ethyl adjacent to an activating group) is 1. The Morgan fingerprint density at radius 2 is 1.68 bits per heavy atom. The number of alkyl halides is 3. The van der Waals surface area contributed by atoms with Crippen LogP contribution in [0.4, 0.5) is 13.2 Å². The van der Waals surface area contributed by atoms with Crippen LogP contribution in [0.25, 0.3) is 11.1 Å². The van der Waals surface area contributed by atoms with E-state index in [1.807, 2.05) is 19.2 Å². The molecule has 2 atom stereocenters. The van der Waals surface area contributed by atoms with Crippen LogP contribution in [-0.2, 0) is 6.18 Å². The van der Waals surface area contributed by atoms with Crippen molar-refractivity contribution in [3.05, 3.63) is 59.7 Å². The second-order valence-electron chi connectivity index (χ2n) is 5.44. The van der Waals surface area contributed by atoms with Gasteiger partial charge in [-0.3, -0.25) is 0 Å². The van der Waals surface area contributed by atoms with Crippen LogP contribution in [0.2, 0.25) is 0 Å². The van der Waals surface area contributed by atoms with Crippen molar-refractivity contribution >= 4 is 12.4 Å². The Hall–Kier alpha value is -1.52. The highest BCUT2D eigenvalue weighted by molar-refractivity contribution is 5.85. The van der Waals surface area contributed by atoms with Crippen LogP contribution in [0, 0.1) is 0 Å². The highest BCUT2D eigenvalue weighted by Gasteiger charge is 2.36. The Labute approximate surface area is 134 Å². The van der Waals surface area contributed by atoms with Crippen LogP contribution in [0.15, 0.2) is 48.5 Å². The van der Waals surface area contributed by atoms with Gasteiger partial charge in [-0.25, -0.2) is 0 Å². The van der Waals surface area contributed by atoms with Gasteiger partial charge in [0.2, 0.25) is 0 Å². The van der Waals surface area contributed by atoms with Gasteiger partial charge in [0.25, 0.3) is 0 Å². The lowest BCUT2D eigenvalue weighted by Crippen LogP contribution is -2.10. The standard InChI is InChI=1S/C17H16F3N.ClH/c1-21-16-10-15(16)13-4-2-3-12(9-13)11-5-7-14(8-6-11)17(18,19)20;/h2-9,15-16,21H,10H2,1H3;1H/t15-,16+;/m0./s1. The maximum absolute atomic E-state index is 12.6. The predicted octanol–water partition coefficient (Wildman–Crippen LogP) is 4.87. The quantitative estimate of drug-likeness (QED) is 0.848. The molecule has 0 aromatic heterocycles. The first-order valence-electron chi connectivity index (χ1n) is 6.94. The van der Waals surface area contributed by atoms with Crippen molar-refractivity contribution in [2.45, 2.75) is 24.6 Å². The van der Waals surface area contributed by atoms with Crippen LogP contribution in [0.3, 0.4) is 0 Å². The smallest absolute Gasteiger partial charge is 0.316 e. The van der Waals surface area contributed by atoms with E-state index in [1.165, 1.54) is 17.7 Å². The fourth-order valence-corrected chi connectivity index (χ4v) is 2.68. The van der Waals surface area contributed by atoms with Crippen molar-refractivity contribution in [3.8, 4) is 11.1 Å². The Kier molecular flexibility index (Phi) is 4.83. The normalized spacial score (nSPS) is 20.4. The third kappa shape index (κ3) is 3.45. The van der Waals surface area contributed by atoms with Crippen molar-refractivity contribution in [1.29, 1.82) is 0 Å². The summed E-state index contributed by atoms with van der Waals surface area (Å²) in [5.74, 6) is 0.518. The number of halogens is 4. The molecule has 1 aliphatic carbocycles. The summed E-state index contributed by atoms with van der Waals surface area (Å²) in [6.07, 6.45) is -3.17. The van der Waals surface area contributed by atoms with Gasteiger partial charge in [0.15, 0.2) is 0 Å². The lowest BCUT2D eigenvalue weighted by Gasteiger charge is -2.09. The maximum Gasteiger partial charge on any atom is 0.416 e. The van der Waals surface area contributed by atoms with E-state index < -0.39 is 11.7 Å². The Morgan fingerprint density at radius 3 is 2.23 bits per heavy atom. The highest BCUT2D eigenvalue weighted by Crippen LogP contribution is 2.41. The molecule has 0 spiro atoms.